The zero-order chi connectivity index (χ0) is 17.7. The Hall–Kier alpha value is -2.15. The second-order valence-corrected chi connectivity index (χ2v) is 6.86. The fourth-order valence-corrected chi connectivity index (χ4v) is 3.03. The highest BCUT2D eigenvalue weighted by atomic mass is 16.3. The smallest absolute Gasteiger partial charge is 0.290 e. The van der Waals surface area contributed by atoms with Crippen molar-refractivity contribution in [1.82, 2.24) is 24.2 Å². The third-order valence-electron chi connectivity index (χ3n) is 4.67. The van der Waals surface area contributed by atoms with Crippen LogP contribution < -0.4 is 0 Å². The molecule has 0 aromatic carbocycles. The summed E-state index contributed by atoms with van der Waals surface area (Å²) in [5.41, 5.74) is 1.26. The number of aromatic nitrogens is 4. The predicted octanol–water partition coefficient (Wildman–Crippen LogP) is 2.33. The largest absolute Gasteiger partial charge is 0.483 e. The van der Waals surface area contributed by atoms with Crippen LogP contribution in [0.25, 0.3) is 5.69 Å². The van der Waals surface area contributed by atoms with E-state index in [0.29, 0.717) is 6.04 Å². The SMILES string of the molecule is CC(C)n1cc(-n2ccnc2C2(C)CCN(C)CC2)cn1.O=CO. The normalized spacial score (nSPS) is 17.4. The number of hydrogen-bond donors (Lipinski definition) is 1. The van der Waals surface area contributed by atoms with E-state index in [4.69, 9.17) is 9.90 Å². The topological polar surface area (TPSA) is 76.2 Å². The van der Waals surface area contributed by atoms with Crippen LogP contribution in [0.15, 0.2) is 24.8 Å². The molecule has 24 heavy (non-hydrogen) atoms. The molecule has 3 rings (SSSR count). The number of likely N-dealkylation sites (tertiary alicyclic amines) is 1. The summed E-state index contributed by atoms with van der Waals surface area (Å²) in [6.45, 7) is 8.64. The summed E-state index contributed by atoms with van der Waals surface area (Å²) in [5.74, 6) is 1.17. The first-order chi connectivity index (χ1) is 11.4. The third kappa shape index (κ3) is 3.84. The van der Waals surface area contributed by atoms with Crippen LogP contribution in [0.3, 0.4) is 0 Å². The van der Waals surface area contributed by atoms with Crippen LogP contribution in [0.2, 0.25) is 0 Å². The van der Waals surface area contributed by atoms with Crippen LogP contribution in [0, 0.1) is 0 Å². The van der Waals surface area contributed by atoms with Crippen LogP contribution in [-0.2, 0) is 10.2 Å². The standard InChI is InChI=1S/C16H25N5.CH2O2/c1-13(2)21-12-14(11-18-21)20-10-7-17-15(20)16(3)5-8-19(4)9-6-16;2-1-3/h7,10-13H,5-6,8-9H2,1-4H3;1H,(H,2,3). The van der Waals surface area contributed by atoms with Gasteiger partial charge in [-0.3, -0.25) is 9.48 Å². The molecule has 1 fully saturated rings. The number of imidazole rings is 1. The van der Waals surface area contributed by atoms with Crippen LogP contribution >= 0.6 is 0 Å². The molecule has 0 aliphatic carbocycles. The molecule has 1 aliphatic rings. The number of rotatable bonds is 3. The summed E-state index contributed by atoms with van der Waals surface area (Å²) in [4.78, 5) is 15.4. The molecule has 2 aromatic heterocycles. The highest BCUT2D eigenvalue weighted by Crippen LogP contribution is 2.34. The van der Waals surface area contributed by atoms with Gasteiger partial charge in [0.1, 0.15) is 5.82 Å². The van der Waals surface area contributed by atoms with Gasteiger partial charge in [-0.2, -0.15) is 5.10 Å². The van der Waals surface area contributed by atoms with Gasteiger partial charge < -0.3 is 14.6 Å². The van der Waals surface area contributed by atoms with Crippen LogP contribution in [0.5, 0.6) is 0 Å². The Kier molecular flexibility index (Phi) is 5.77. The number of carbonyl (C=O) groups is 1. The molecule has 132 valence electrons. The van der Waals surface area contributed by atoms with Crippen molar-refractivity contribution in [3.8, 4) is 5.69 Å². The highest BCUT2D eigenvalue weighted by Gasteiger charge is 2.34. The Labute approximate surface area is 142 Å². The average Bonchev–Trinajstić information content (AvgIpc) is 3.19. The molecular weight excluding hydrogens is 306 g/mol. The first-order valence-electron chi connectivity index (χ1n) is 8.26. The van der Waals surface area contributed by atoms with E-state index < -0.39 is 0 Å². The summed E-state index contributed by atoms with van der Waals surface area (Å²) in [7, 11) is 2.19. The monoisotopic (exact) mass is 333 g/mol. The van der Waals surface area contributed by atoms with E-state index in [1.165, 1.54) is 5.82 Å². The van der Waals surface area contributed by atoms with E-state index in [2.05, 4.69) is 59.8 Å². The van der Waals surface area contributed by atoms with Gasteiger partial charge in [0.15, 0.2) is 0 Å². The number of nitrogens with zero attached hydrogens (tertiary/aromatic N) is 5. The van der Waals surface area contributed by atoms with E-state index in [1.54, 1.807) is 0 Å². The highest BCUT2D eigenvalue weighted by molar-refractivity contribution is 5.32. The first kappa shape index (κ1) is 18.2. The molecule has 0 amide bonds. The second kappa shape index (κ2) is 7.61. The van der Waals surface area contributed by atoms with Gasteiger partial charge >= 0.3 is 0 Å². The van der Waals surface area contributed by atoms with Crippen molar-refractivity contribution in [2.24, 2.45) is 0 Å². The zero-order valence-electron chi connectivity index (χ0n) is 14.9. The van der Waals surface area contributed by atoms with E-state index in [-0.39, 0.29) is 11.9 Å². The molecule has 0 saturated carbocycles. The lowest BCUT2D eigenvalue weighted by molar-refractivity contribution is -0.122. The summed E-state index contributed by atoms with van der Waals surface area (Å²) in [6.07, 6.45) is 10.3. The quantitative estimate of drug-likeness (QED) is 0.873. The van der Waals surface area contributed by atoms with Crippen molar-refractivity contribution in [3.05, 3.63) is 30.6 Å². The van der Waals surface area contributed by atoms with Crippen molar-refractivity contribution in [2.75, 3.05) is 20.1 Å². The van der Waals surface area contributed by atoms with E-state index in [1.807, 2.05) is 17.1 Å². The zero-order valence-corrected chi connectivity index (χ0v) is 14.9. The van der Waals surface area contributed by atoms with Crippen molar-refractivity contribution in [1.29, 1.82) is 0 Å². The molecule has 1 saturated heterocycles. The minimum Gasteiger partial charge on any atom is -0.483 e. The van der Waals surface area contributed by atoms with E-state index >= 15 is 0 Å². The fraction of sp³-hybridized carbons (Fsp3) is 0.588. The fourth-order valence-electron chi connectivity index (χ4n) is 3.03. The maximum atomic E-state index is 8.36. The van der Waals surface area contributed by atoms with Crippen molar-refractivity contribution in [3.63, 3.8) is 0 Å². The van der Waals surface area contributed by atoms with Crippen LogP contribution in [0.1, 0.15) is 45.5 Å². The van der Waals surface area contributed by atoms with Crippen molar-refractivity contribution in [2.45, 2.75) is 45.1 Å². The Balaban J connectivity index is 0.000000647. The van der Waals surface area contributed by atoms with Gasteiger partial charge in [0.25, 0.3) is 6.47 Å². The van der Waals surface area contributed by atoms with Gasteiger partial charge in [-0.05, 0) is 46.8 Å². The van der Waals surface area contributed by atoms with Crippen molar-refractivity contribution < 1.29 is 9.90 Å². The maximum Gasteiger partial charge on any atom is 0.290 e. The molecule has 3 heterocycles. The molecule has 2 aromatic rings. The lowest BCUT2D eigenvalue weighted by Crippen LogP contribution is -2.40. The predicted molar refractivity (Wildman–Crippen MR) is 92.5 cm³/mol. The lowest BCUT2D eigenvalue weighted by Gasteiger charge is -2.37. The van der Waals surface area contributed by atoms with Gasteiger partial charge in [0.05, 0.1) is 11.9 Å². The van der Waals surface area contributed by atoms with E-state index in [9.17, 15) is 0 Å². The third-order valence-corrected chi connectivity index (χ3v) is 4.67. The van der Waals surface area contributed by atoms with Crippen LogP contribution in [-0.4, -0.2) is 55.9 Å². The van der Waals surface area contributed by atoms with Gasteiger partial charge in [-0.25, -0.2) is 4.98 Å². The summed E-state index contributed by atoms with van der Waals surface area (Å²) in [5, 5.41) is 11.3. The molecule has 1 aliphatic heterocycles. The average molecular weight is 333 g/mol. The minimum absolute atomic E-state index is 0.149. The Bertz CT molecular complexity index is 653. The Morgan fingerprint density at radius 1 is 1.33 bits per heavy atom. The molecule has 0 unspecified atom stereocenters. The Morgan fingerprint density at radius 3 is 2.50 bits per heavy atom. The molecule has 7 nitrogen and oxygen atoms in total. The molecular formula is C17H27N5O2. The summed E-state index contributed by atoms with van der Waals surface area (Å²) in [6, 6.07) is 0.379. The molecule has 0 bridgehead atoms. The van der Waals surface area contributed by atoms with E-state index in [0.717, 1.165) is 31.6 Å². The minimum atomic E-state index is -0.250. The summed E-state index contributed by atoms with van der Waals surface area (Å²) < 4.78 is 4.20. The van der Waals surface area contributed by atoms with Crippen molar-refractivity contribution >= 4 is 6.47 Å². The first-order valence-corrected chi connectivity index (χ1v) is 8.26. The van der Waals surface area contributed by atoms with Gasteiger partial charge in [0.2, 0.25) is 0 Å². The Morgan fingerprint density at radius 2 is 1.96 bits per heavy atom. The number of carboxylic acid groups (broad SMARTS) is 1. The molecule has 7 heteroatoms. The molecule has 0 radical (unpaired) electrons. The number of hydrogen-bond acceptors (Lipinski definition) is 4. The summed E-state index contributed by atoms with van der Waals surface area (Å²) >= 11 is 0. The van der Waals surface area contributed by atoms with Gasteiger partial charge in [-0.1, -0.05) is 6.92 Å². The lowest BCUT2D eigenvalue weighted by atomic mass is 9.79. The van der Waals surface area contributed by atoms with Crippen LogP contribution in [0.4, 0.5) is 0 Å². The molecule has 0 spiro atoms. The van der Waals surface area contributed by atoms with Gasteiger partial charge in [-0.15, -0.1) is 0 Å². The molecule has 1 N–H and O–H groups in total. The van der Waals surface area contributed by atoms with Gasteiger partial charge in [0, 0.05) is 30.0 Å². The maximum absolute atomic E-state index is 8.36. The second-order valence-electron chi connectivity index (χ2n) is 6.86. The number of piperidine rings is 1. The molecule has 0 atom stereocenters.